The van der Waals surface area contributed by atoms with Crippen molar-refractivity contribution in [1.29, 1.82) is 0 Å². The molecule has 2 heterocycles. The molecule has 1 aliphatic heterocycles. The summed E-state index contributed by atoms with van der Waals surface area (Å²) in [6.45, 7) is 0.471. The van der Waals surface area contributed by atoms with Gasteiger partial charge in [-0.25, -0.2) is 0 Å². The molecule has 9 heteroatoms. The van der Waals surface area contributed by atoms with Crippen LogP contribution in [0, 0.1) is 0 Å². The summed E-state index contributed by atoms with van der Waals surface area (Å²) < 4.78 is 5.19. The summed E-state index contributed by atoms with van der Waals surface area (Å²) in [5.41, 5.74) is 0.804. The standard InChI is InChI=1S/C14H15ClN4O2S.ClH/c15-10-3-1-2-9(6-10)13-18-12(21-19-13)4-5-16-14(20)11-7-22-8-17-11;/h1-3,6,11,17H,4-5,7-8H2,(H,16,20);1H. The molecule has 0 saturated carbocycles. The Morgan fingerprint density at radius 2 is 2.39 bits per heavy atom. The molecule has 0 radical (unpaired) electrons. The Bertz CT molecular complexity index is 662. The molecule has 1 atom stereocenters. The van der Waals surface area contributed by atoms with E-state index in [9.17, 15) is 4.79 Å². The average Bonchev–Trinajstić information content (AvgIpc) is 3.19. The van der Waals surface area contributed by atoms with Crippen molar-refractivity contribution in [2.75, 3.05) is 18.2 Å². The lowest BCUT2D eigenvalue weighted by molar-refractivity contribution is -0.122. The molecule has 2 aromatic rings. The topological polar surface area (TPSA) is 80.1 Å². The van der Waals surface area contributed by atoms with E-state index in [1.54, 1.807) is 23.9 Å². The smallest absolute Gasteiger partial charge is 0.238 e. The summed E-state index contributed by atoms with van der Waals surface area (Å²) >= 11 is 7.66. The normalized spacial score (nSPS) is 16.8. The molecule has 23 heavy (non-hydrogen) atoms. The Labute approximate surface area is 149 Å². The van der Waals surface area contributed by atoms with Crippen LogP contribution in [0.3, 0.4) is 0 Å². The van der Waals surface area contributed by atoms with E-state index in [1.165, 1.54) is 0 Å². The summed E-state index contributed by atoms with van der Waals surface area (Å²) in [6, 6.07) is 7.17. The minimum absolute atomic E-state index is 0. The van der Waals surface area contributed by atoms with Gasteiger partial charge < -0.3 is 9.84 Å². The van der Waals surface area contributed by atoms with Gasteiger partial charge in [0.25, 0.3) is 0 Å². The van der Waals surface area contributed by atoms with Crippen molar-refractivity contribution in [2.45, 2.75) is 12.5 Å². The maximum atomic E-state index is 11.8. The predicted molar refractivity (Wildman–Crippen MR) is 93.0 cm³/mol. The van der Waals surface area contributed by atoms with Crippen molar-refractivity contribution in [3.8, 4) is 11.4 Å². The van der Waals surface area contributed by atoms with Crippen molar-refractivity contribution in [3.05, 3.63) is 35.2 Å². The van der Waals surface area contributed by atoms with Crippen LogP contribution in [-0.4, -0.2) is 40.3 Å². The Morgan fingerprint density at radius 1 is 1.52 bits per heavy atom. The van der Waals surface area contributed by atoms with E-state index in [1.807, 2.05) is 12.1 Å². The zero-order valence-corrected chi connectivity index (χ0v) is 14.5. The first kappa shape index (κ1) is 18.1. The Hall–Kier alpha value is -1.28. The summed E-state index contributed by atoms with van der Waals surface area (Å²) in [4.78, 5) is 16.1. The molecule has 1 aromatic heterocycles. The highest BCUT2D eigenvalue weighted by molar-refractivity contribution is 7.99. The average molecular weight is 375 g/mol. The van der Waals surface area contributed by atoms with Gasteiger partial charge in [0.2, 0.25) is 17.6 Å². The first-order chi connectivity index (χ1) is 10.7. The Kier molecular flexibility index (Phi) is 6.71. The maximum absolute atomic E-state index is 11.8. The van der Waals surface area contributed by atoms with Gasteiger partial charge in [-0.2, -0.15) is 4.98 Å². The lowest BCUT2D eigenvalue weighted by Gasteiger charge is -2.08. The van der Waals surface area contributed by atoms with Crippen LogP contribution in [0.1, 0.15) is 5.89 Å². The van der Waals surface area contributed by atoms with Gasteiger partial charge in [-0.15, -0.1) is 24.2 Å². The van der Waals surface area contributed by atoms with Gasteiger partial charge in [0.15, 0.2) is 0 Å². The molecule has 0 aliphatic carbocycles. The zero-order valence-electron chi connectivity index (χ0n) is 12.1. The highest BCUT2D eigenvalue weighted by atomic mass is 35.5. The van der Waals surface area contributed by atoms with Crippen molar-refractivity contribution in [1.82, 2.24) is 20.8 Å². The molecular weight excluding hydrogens is 359 g/mol. The van der Waals surface area contributed by atoms with Gasteiger partial charge in [-0.3, -0.25) is 10.1 Å². The fourth-order valence-electron chi connectivity index (χ4n) is 2.08. The number of thioether (sulfide) groups is 1. The molecule has 1 saturated heterocycles. The summed E-state index contributed by atoms with van der Waals surface area (Å²) in [6.07, 6.45) is 0.499. The lowest BCUT2D eigenvalue weighted by Crippen LogP contribution is -2.42. The minimum atomic E-state index is -0.102. The Morgan fingerprint density at radius 3 is 3.13 bits per heavy atom. The highest BCUT2D eigenvalue weighted by Gasteiger charge is 2.22. The van der Waals surface area contributed by atoms with Crippen molar-refractivity contribution >= 4 is 41.7 Å². The number of hydrogen-bond donors (Lipinski definition) is 2. The zero-order chi connectivity index (χ0) is 15.4. The number of hydrogen-bond acceptors (Lipinski definition) is 6. The number of carbonyl (C=O) groups is 1. The Balaban J connectivity index is 0.00000192. The SMILES string of the molecule is Cl.O=C(NCCc1nc(-c2cccc(Cl)c2)no1)C1CSCN1. The molecule has 1 aromatic carbocycles. The number of rotatable bonds is 5. The van der Waals surface area contributed by atoms with Crippen LogP contribution in [0.2, 0.25) is 5.02 Å². The van der Waals surface area contributed by atoms with Crippen LogP contribution in [-0.2, 0) is 11.2 Å². The van der Waals surface area contributed by atoms with Crippen molar-refractivity contribution in [3.63, 3.8) is 0 Å². The summed E-state index contributed by atoms with van der Waals surface area (Å²) in [7, 11) is 0. The lowest BCUT2D eigenvalue weighted by atomic mass is 10.2. The van der Waals surface area contributed by atoms with E-state index in [0.717, 1.165) is 17.2 Å². The van der Waals surface area contributed by atoms with E-state index in [4.69, 9.17) is 16.1 Å². The third-order valence-electron chi connectivity index (χ3n) is 3.22. The van der Waals surface area contributed by atoms with E-state index in [0.29, 0.717) is 29.7 Å². The monoisotopic (exact) mass is 374 g/mol. The number of halogens is 2. The van der Waals surface area contributed by atoms with E-state index in [-0.39, 0.29) is 24.4 Å². The van der Waals surface area contributed by atoms with Gasteiger partial charge in [0.05, 0.1) is 6.04 Å². The maximum Gasteiger partial charge on any atom is 0.238 e. The third-order valence-corrected chi connectivity index (χ3v) is 4.40. The molecule has 1 fully saturated rings. The fourth-order valence-corrected chi connectivity index (χ4v) is 3.21. The van der Waals surface area contributed by atoms with E-state index in [2.05, 4.69) is 20.8 Å². The van der Waals surface area contributed by atoms with E-state index >= 15 is 0 Å². The van der Waals surface area contributed by atoms with Gasteiger partial charge in [-0.1, -0.05) is 28.9 Å². The number of aromatic nitrogens is 2. The highest BCUT2D eigenvalue weighted by Crippen LogP contribution is 2.19. The predicted octanol–water partition coefficient (Wildman–Crippen LogP) is 2.13. The van der Waals surface area contributed by atoms with Crippen LogP contribution in [0.5, 0.6) is 0 Å². The third kappa shape index (κ3) is 4.84. The molecule has 124 valence electrons. The molecule has 0 spiro atoms. The second-order valence-electron chi connectivity index (χ2n) is 4.83. The molecule has 2 N–H and O–H groups in total. The first-order valence-corrected chi connectivity index (χ1v) is 8.43. The fraction of sp³-hybridized carbons (Fsp3) is 0.357. The van der Waals surface area contributed by atoms with Gasteiger partial charge in [-0.05, 0) is 12.1 Å². The van der Waals surface area contributed by atoms with Gasteiger partial charge >= 0.3 is 0 Å². The molecule has 1 unspecified atom stereocenters. The number of nitrogens with zero attached hydrogens (tertiary/aromatic N) is 2. The van der Waals surface area contributed by atoms with Crippen LogP contribution in [0.4, 0.5) is 0 Å². The van der Waals surface area contributed by atoms with Crippen LogP contribution < -0.4 is 10.6 Å². The number of benzene rings is 1. The second kappa shape index (κ2) is 8.54. The van der Waals surface area contributed by atoms with Crippen molar-refractivity contribution < 1.29 is 9.32 Å². The molecule has 0 bridgehead atoms. The van der Waals surface area contributed by atoms with E-state index < -0.39 is 0 Å². The first-order valence-electron chi connectivity index (χ1n) is 6.90. The largest absolute Gasteiger partial charge is 0.354 e. The van der Waals surface area contributed by atoms with Crippen LogP contribution in [0.15, 0.2) is 28.8 Å². The summed E-state index contributed by atoms with van der Waals surface area (Å²) in [5.74, 6) is 2.64. The van der Waals surface area contributed by atoms with Gasteiger partial charge in [0, 0.05) is 35.2 Å². The molecular formula is C14H16Cl2N4O2S. The molecule has 3 rings (SSSR count). The summed E-state index contributed by atoms with van der Waals surface area (Å²) in [5, 5.41) is 10.5. The van der Waals surface area contributed by atoms with Crippen LogP contribution >= 0.6 is 35.8 Å². The molecule has 1 amide bonds. The van der Waals surface area contributed by atoms with Crippen molar-refractivity contribution in [2.24, 2.45) is 0 Å². The minimum Gasteiger partial charge on any atom is -0.354 e. The number of carbonyl (C=O) groups excluding carboxylic acids is 1. The molecule has 1 aliphatic rings. The van der Waals surface area contributed by atoms with Gasteiger partial charge in [0.1, 0.15) is 0 Å². The number of amides is 1. The quantitative estimate of drug-likeness (QED) is 0.834. The number of nitrogens with one attached hydrogen (secondary N) is 2. The van der Waals surface area contributed by atoms with Crippen LogP contribution in [0.25, 0.3) is 11.4 Å². The second-order valence-corrected chi connectivity index (χ2v) is 6.30. The molecule has 6 nitrogen and oxygen atoms in total.